The summed E-state index contributed by atoms with van der Waals surface area (Å²) in [5.74, 6) is 0.412. The molecule has 144 valence electrons. The summed E-state index contributed by atoms with van der Waals surface area (Å²) in [5, 5.41) is 10.9. The highest BCUT2D eigenvalue weighted by Crippen LogP contribution is 2.34. The number of aromatic nitrogens is 2. The Kier molecular flexibility index (Phi) is 5.33. The molecule has 1 N–H and O–H groups in total. The number of nitrogens with zero attached hydrogens (tertiary/aromatic N) is 4. The molecule has 27 heavy (non-hydrogen) atoms. The second-order valence-corrected chi connectivity index (χ2v) is 7.28. The van der Waals surface area contributed by atoms with Gasteiger partial charge in [-0.3, -0.25) is 4.90 Å². The molecule has 3 heterocycles. The summed E-state index contributed by atoms with van der Waals surface area (Å²) in [6.07, 6.45) is 4.77. The van der Waals surface area contributed by atoms with E-state index in [2.05, 4.69) is 19.8 Å². The third-order valence-electron chi connectivity index (χ3n) is 5.45. The lowest BCUT2D eigenvalue weighted by atomic mass is 9.84. The van der Waals surface area contributed by atoms with E-state index in [1.54, 1.807) is 18.2 Å². The van der Waals surface area contributed by atoms with Gasteiger partial charge in [-0.15, -0.1) is 0 Å². The lowest BCUT2D eigenvalue weighted by Gasteiger charge is -2.38. The van der Waals surface area contributed by atoms with Crippen molar-refractivity contribution in [1.29, 1.82) is 0 Å². The summed E-state index contributed by atoms with van der Waals surface area (Å²) < 4.78 is 19.4. The number of anilines is 1. The normalized spacial score (nSPS) is 20.6. The predicted octanol–water partition coefficient (Wildman–Crippen LogP) is 1.94. The Morgan fingerprint density at radius 3 is 2.37 bits per heavy atom. The number of hydrogen-bond acceptors (Lipinski definition) is 6. The molecule has 0 radical (unpaired) electrons. The minimum absolute atomic E-state index is 0.333. The smallest absolute Gasteiger partial charge is 0.225 e. The van der Waals surface area contributed by atoms with Crippen molar-refractivity contribution < 1.29 is 14.2 Å². The van der Waals surface area contributed by atoms with Crippen molar-refractivity contribution >= 4 is 5.95 Å². The zero-order valence-electron chi connectivity index (χ0n) is 15.4. The lowest BCUT2D eigenvalue weighted by molar-refractivity contribution is -0.0303. The molecule has 0 bridgehead atoms. The molecule has 0 aliphatic carbocycles. The van der Waals surface area contributed by atoms with Crippen molar-refractivity contribution in [3.05, 3.63) is 53.6 Å². The van der Waals surface area contributed by atoms with Crippen molar-refractivity contribution in [1.82, 2.24) is 14.9 Å². The first-order chi connectivity index (χ1) is 13.1. The van der Waals surface area contributed by atoms with Crippen LogP contribution in [0.15, 0.2) is 36.7 Å². The molecule has 2 aliphatic rings. The number of rotatable bonds is 4. The first-order valence-corrected chi connectivity index (χ1v) is 9.47. The fourth-order valence-electron chi connectivity index (χ4n) is 3.80. The summed E-state index contributed by atoms with van der Waals surface area (Å²) in [6.45, 7) is 5.21. The maximum atomic E-state index is 14.1. The largest absolute Gasteiger partial charge is 0.385 e. The summed E-state index contributed by atoms with van der Waals surface area (Å²) in [6, 6.07) is 6.52. The number of piperidine rings is 1. The molecule has 2 aliphatic heterocycles. The minimum Gasteiger partial charge on any atom is -0.385 e. The highest BCUT2D eigenvalue weighted by molar-refractivity contribution is 5.30. The molecule has 2 saturated heterocycles. The highest BCUT2D eigenvalue weighted by Gasteiger charge is 2.35. The number of hydrogen-bond donors (Lipinski definition) is 1. The minimum atomic E-state index is -1.08. The van der Waals surface area contributed by atoms with E-state index < -0.39 is 5.60 Å². The first kappa shape index (κ1) is 18.3. The third kappa shape index (κ3) is 4.10. The maximum Gasteiger partial charge on any atom is 0.225 e. The number of likely N-dealkylation sites (tertiary alicyclic amines) is 1. The van der Waals surface area contributed by atoms with Crippen LogP contribution in [-0.4, -0.2) is 59.4 Å². The Morgan fingerprint density at radius 1 is 1.04 bits per heavy atom. The van der Waals surface area contributed by atoms with Gasteiger partial charge in [-0.2, -0.15) is 0 Å². The molecule has 0 spiro atoms. The monoisotopic (exact) mass is 372 g/mol. The van der Waals surface area contributed by atoms with Crippen molar-refractivity contribution in [3.8, 4) is 0 Å². The van der Waals surface area contributed by atoms with Gasteiger partial charge in [0.2, 0.25) is 5.95 Å². The first-order valence-electron chi connectivity index (χ1n) is 9.47. The van der Waals surface area contributed by atoms with Crippen LogP contribution in [0.3, 0.4) is 0 Å². The molecule has 4 rings (SSSR count). The van der Waals surface area contributed by atoms with Gasteiger partial charge in [-0.25, -0.2) is 14.4 Å². The summed E-state index contributed by atoms with van der Waals surface area (Å²) in [4.78, 5) is 13.4. The molecule has 1 aromatic heterocycles. The second kappa shape index (κ2) is 7.88. The maximum absolute atomic E-state index is 14.1. The summed E-state index contributed by atoms with van der Waals surface area (Å²) >= 11 is 0. The molecule has 6 nitrogen and oxygen atoms in total. The summed E-state index contributed by atoms with van der Waals surface area (Å²) in [5.41, 5.74) is 0.365. The SMILES string of the molecule is OC1(c2ccccc2F)CCN(Cc2cnc(N3CCOCC3)nc2)CC1. The number of halogens is 1. The quantitative estimate of drug-likeness (QED) is 0.885. The van der Waals surface area contributed by atoms with Crippen molar-refractivity contribution in [2.24, 2.45) is 0 Å². The molecule has 0 atom stereocenters. The molecule has 0 amide bonds. The molecular weight excluding hydrogens is 347 g/mol. The van der Waals surface area contributed by atoms with E-state index in [0.717, 1.165) is 31.1 Å². The van der Waals surface area contributed by atoms with Crippen LogP contribution in [0.4, 0.5) is 10.3 Å². The van der Waals surface area contributed by atoms with Crippen LogP contribution in [0.25, 0.3) is 0 Å². The van der Waals surface area contributed by atoms with E-state index in [4.69, 9.17) is 4.74 Å². The lowest BCUT2D eigenvalue weighted by Crippen LogP contribution is -2.42. The number of benzene rings is 1. The van der Waals surface area contributed by atoms with E-state index in [9.17, 15) is 9.50 Å². The predicted molar refractivity (Wildman–Crippen MR) is 99.9 cm³/mol. The molecule has 2 aromatic rings. The third-order valence-corrected chi connectivity index (χ3v) is 5.45. The van der Waals surface area contributed by atoms with E-state index in [1.807, 2.05) is 12.4 Å². The Morgan fingerprint density at radius 2 is 1.70 bits per heavy atom. The van der Waals surface area contributed by atoms with Crippen LogP contribution in [-0.2, 0) is 16.9 Å². The van der Waals surface area contributed by atoms with Gasteiger partial charge in [0.25, 0.3) is 0 Å². The average Bonchev–Trinajstić information content (AvgIpc) is 2.71. The highest BCUT2D eigenvalue weighted by atomic mass is 19.1. The zero-order chi connectivity index (χ0) is 18.7. The van der Waals surface area contributed by atoms with Crippen LogP contribution >= 0.6 is 0 Å². The van der Waals surface area contributed by atoms with Gasteiger partial charge in [0.05, 0.1) is 18.8 Å². The Labute approximate surface area is 158 Å². The van der Waals surface area contributed by atoms with E-state index in [1.165, 1.54) is 6.07 Å². The standard InChI is InChI=1S/C20H25FN4O2/c21-18-4-2-1-3-17(18)20(26)5-7-24(8-6-20)15-16-13-22-19(23-14-16)25-9-11-27-12-10-25/h1-4,13-14,26H,5-12,15H2. The molecule has 1 aromatic carbocycles. The van der Waals surface area contributed by atoms with Crippen LogP contribution in [0.1, 0.15) is 24.0 Å². The second-order valence-electron chi connectivity index (χ2n) is 7.28. The topological polar surface area (TPSA) is 61.7 Å². The fraction of sp³-hybridized carbons (Fsp3) is 0.500. The van der Waals surface area contributed by atoms with Gasteiger partial charge in [0.15, 0.2) is 0 Å². The van der Waals surface area contributed by atoms with Crippen LogP contribution < -0.4 is 4.90 Å². The van der Waals surface area contributed by atoms with Crippen LogP contribution in [0, 0.1) is 5.82 Å². The number of ether oxygens (including phenoxy) is 1. The number of morpholine rings is 1. The van der Waals surface area contributed by atoms with Crippen molar-refractivity contribution in [2.75, 3.05) is 44.3 Å². The molecule has 0 saturated carbocycles. The van der Waals surface area contributed by atoms with Gasteiger partial charge in [0.1, 0.15) is 5.82 Å². The van der Waals surface area contributed by atoms with Crippen LogP contribution in [0.2, 0.25) is 0 Å². The van der Waals surface area contributed by atoms with Gasteiger partial charge in [-0.1, -0.05) is 18.2 Å². The fourth-order valence-corrected chi connectivity index (χ4v) is 3.80. The average molecular weight is 372 g/mol. The van der Waals surface area contributed by atoms with Gasteiger partial charge >= 0.3 is 0 Å². The Hall–Kier alpha value is -2.09. The molecule has 2 fully saturated rings. The van der Waals surface area contributed by atoms with E-state index in [-0.39, 0.29) is 5.82 Å². The van der Waals surface area contributed by atoms with E-state index in [0.29, 0.717) is 44.7 Å². The Balaban J connectivity index is 1.34. The number of aliphatic hydroxyl groups is 1. The Bertz CT molecular complexity index is 757. The van der Waals surface area contributed by atoms with Crippen molar-refractivity contribution in [2.45, 2.75) is 25.0 Å². The van der Waals surface area contributed by atoms with Crippen molar-refractivity contribution in [3.63, 3.8) is 0 Å². The van der Waals surface area contributed by atoms with Gasteiger partial charge < -0.3 is 14.7 Å². The molecule has 0 unspecified atom stereocenters. The zero-order valence-corrected chi connectivity index (χ0v) is 15.4. The molecular formula is C20H25FN4O2. The van der Waals surface area contributed by atoms with Gasteiger partial charge in [0, 0.05) is 56.2 Å². The van der Waals surface area contributed by atoms with Gasteiger partial charge in [-0.05, 0) is 18.9 Å². The molecule has 7 heteroatoms. The van der Waals surface area contributed by atoms with Crippen LogP contribution in [0.5, 0.6) is 0 Å². The summed E-state index contributed by atoms with van der Waals surface area (Å²) in [7, 11) is 0. The van der Waals surface area contributed by atoms with E-state index >= 15 is 0 Å².